The lowest BCUT2D eigenvalue weighted by atomic mass is 9.97. The first-order valence-corrected chi connectivity index (χ1v) is 10.1. The van der Waals surface area contributed by atoms with Crippen LogP contribution in [0.1, 0.15) is 12.8 Å². The maximum atomic E-state index is 11.3. The average Bonchev–Trinajstić information content (AvgIpc) is 3.51. The van der Waals surface area contributed by atoms with Crippen molar-refractivity contribution in [2.75, 3.05) is 18.0 Å². The summed E-state index contributed by atoms with van der Waals surface area (Å²) in [6, 6.07) is 12.1. The summed E-state index contributed by atoms with van der Waals surface area (Å²) in [7, 11) is 0. The molecule has 1 fully saturated rings. The number of anilines is 1. The van der Waals surface area contributed by atoms with Crippen molar-refractivity contribution < 1.29 is 18.7 Å². The van der Waals surface area contributed by atoms with E-state index < -0.39 is 5.97 Å². The van der Waals surface area contributed by atoms with Gasteiger partial charge >= 0.3 is 5.97 Å². The molecule has 0 saturated carbocycles. The molecule has 5 rings (SSSR count). The number of benzene rings is 1. The van der Waals surface area contributed by atoms with Crippen LogP contribution in [-0.4, -0.2) is 39.1 Å². The third kappa shape index (κ3) is 3.79. The highest BCUT2D eigenvalue weighted by Gasteiger charge is 2.28. The number of piperidine rings is 1. The van der Waals surface area contributed by atoms with E-state index in [-0.39, 0.29) is 5.92 Å². The molecule has 0 radical (unpaired) electrons. The molecule has 4 heterocycles. The fourth-order valence-electron chi connectivity index (χ4n) is 3.80. The Kier molecular flexibility index (Phi) is 4.95. The maximum absolute atomic E-state index is 11.3. The molecule has 0 atom stereocenters. The van der Waals surface area contributed by atoms with Gasteiger partial charge in [-0.2, -0.15) is 4.98 Å². The van der Waals surface area contributed by atoms with Crippen molar-refractivity contribution in [2.45, 2.75) is 12.8 Å². The van der Waals surface area contributed by atoms with Gasteiger partial charge in [-0.25, -0.2) is 4.98 Å². The van der Waals surface area contributed by atoms with Gasteiger partial charge in [-0.1, -0.05) is 24.3 Å². The van der Waals surface area contributed by atoms with Crippen LogP contribution in [0.3, 0.4) is 0 Å². The number of carbonyl (C=O) groups is 1. The maximum Gasteiger partial charge on any atom is 0.306 e. The Morgan fingerprint density at radius 3 is 2.42 bits per heavy atom. The van der Waals surface area contributed by atoms with Crippen molar-refractivity contribution in [3.63, 3.8) is 0 Å². The van der Waals surface area contributed by atoms with Gasteiger partial charge in [0.15, 0.2) is 17.9 Å². The molecule has 0 amide bonds. The Hall–Kier alpha value is -3.94. The van der Waals surface area contributed by atoms with E-state index in [0.717, 1.165) is 16.7 Å². The number of hydrogen-bond acceptors (Lipinski definition) is 7. The van der Waals surface area contributed by atoms with Crippen molar-refractivity contribution in [1.82, 2.24) is 15.0 Å². The number of rotatable bonds is 5. The molecule has 8 heteroatoms. The number of carboxylic acid groups (broad SMARTS) is 1. The summed E-state index contributed by atoms with van der Waals surface area (Å²) < 4.78 is 11.6. The topological polar surface area (TPSA) is 105 Å². The molecule has 0 aliphatic carbocycles. The Balaban J connectivity index is 1.49. The molecule has 1 aliphatic heterocycles. The fraction of sp³-hybridized carbons (Fsp3) is 0.217. The van der Waals surface area contributed by atoms with E-state index in [0.29, 0.717) is 49.2 Å². The van der Waals surface area contributed by atoms with Crippen molar-refractivity contribution in [3.8, 4) is 33.9 Å². The third-order valence-electron chi connectivity index (χ3n) is 5.53. The summed E-state index contributed by atoms with van der Waals surface area (Å²) in [5.74, 6) is 0.278. The Labute approximate surface area is 178 Å². The van der Waals surface area contributed by atoms with E-state index >= 15 is 0 Å². The third-order valence-corrected chi connectivity index (χ3v) is 5.53. The van der Waals surface area contributed by atoms with Gasteiger partial charge < -0.3 is 18.8 Å². The Morgan fingerprint density at radius 2 is 1.77 bits per heavy atom. The van der Waals surface area contributed by atoms with Gasteiger partial charge in [-0.05, 0) is 25.0 Å². The lowest BCUT2D eigenvalue weighted by molar-refractivity contribution is -0.142. The SMILES string of the molecule is O=C(O)C1CCN(c2nc(-c3ccc(-c4cnco4)cc3)c(-c3cccnc3)o2)CC1. The van der Waals surface area contributed by atoms with Gasteiger partial charge in [0.1, 0.15) is 5.69 Å². The normalized spacial score (nSPS) is 14.6. The smallest absolute Gasteiger partial charge is 0.306 e. The van der Waals surface area contributed by atoms with Crippen LogP contribution in [0.5, 0.6) is 0 Å². The van der Waals surface area contributed by atoms with Crippen LogP contribution >= 0.6 is 0 Å². The summed E-state index contributed by atoms with van der Waals surface area (Å²) in [6.45, 7) is 1.18. The monoisotopic (exact) mass is 416 g/mol. The number of carboxylic acids is 1. The fourth-order valence-corrected chi connectivity index (χ4v) is 3.80. The van der Waals surface area contributed by atoms with E-state index in [9.17, 15) is 9.90 Å². The number of pyridine rings is 1. The van der Waals surface area contributed by atoms with E-state index in [1.54, 1.807) is 18.6 Å². The van der Waals surface area contributed by atoms with Crippen molar-refractivity contribution in [3.05, 3.63) is 61.4 Å². The Morgan fingerprint density at radius 1 is 1.00 bits per heavy atom. The highest BCUT2D eigenvalue weighted by atomic mass is 16.4. The Bertz CT molecular complexity index is 1160. The number of hydrogen-bond donors (Lipinski definition) is 1. The second kappa shape index (κ2) is 8.06. The standard InChI is InChI=1S/C23H20N4O4/c28-22(29)17-7-10-27(11-8-17)23-26-20(21(31-23)18-2-1-9-24-12-18)16-5-3-15(4-6-16)19-13-25-14-30-19/h1-6,9,12-14,17H,7-8,10-11H2,(H,28,29). The molecular weight excluding hydrogens is 396 g/mol. The predicted octanol–water partition coefficient (Wildman–Crippen LogP) is 4.36. The quantitative estimate of drug-likeness (QED) is 0.512. The van der Waals surface area contributed by atoms with Crippen LogP contribution in [0.2, 0.25) is 0 Å². The molecule has 1 saturated heterocycles. The molecule has 1 aromatic carbocycles. The molecule has 0 unspecified atom stereocenters. The molecule has 1 N–H and O–H groups in total. The number of nitrogens with zero attached hydrogens (tertiary/aromatic N) is 4. The second-order valence-corrected chi connectivity index (χ2v) is 7.46. The van der Waals surface area contributed by atoms with Gasteiger partial charge in [0.2, 0.25) is 0 Å². The largest absolute Gasteiger partial charge is 0.481 e. The minimum Gasteiger partial charge on any atom is -0.481 e. The zero-order valence-corrected chi connectivity index (χ0v) is 16.6. The average molecular weight is 416 g/mol. The molecule has 8 nitrogen and oxygen atoms in total. The molecule has 156 valence electrons. The van der Waals surface area contributed by atoms with Crippen LogP contribution in [-0.2, 0) is 4.79 Å². The first-order valence-electron chi connectivity index (χ1n) is 10.1. The first-order chi connectivity index (χ1) is 15.2. The summed E-state index contributed by atoms with van der Waals surface area (Å²) >= 11 is 0. The lowest BCUT2D eigenvalue weighted by Crippen LogP contribution is -2.36. The highest BCUT2D eigenvalue weighted by molar-refractivity contribution is 5.79. The van der Waals surface area contributed by atoms with Crippen LogP contribution < -0.4 is 4.90 Å². The molecule has 0 bridgehead atoms. The van der Waals surface area contributed by atoms with Crippen LogP contribution in [0.15, 0.2) is 70.2 Å². The van der Waals surface area contributed by atoms with Crippen molar-refractivity contribution in [1.29, 1.82) is 0 Å². The zero-order valence-electron chi connectivity index (χ0n) is 16.6. The van der Waals surface area contributed by atoms with E-state index in [1.165, 1.54) is 6.39 Å². The number of oxazole rings is 2. The van der Waals surface area contributed by atoms with Crippen LogP contribution in [0, 0.1) is 5.92 Å². The molecule has 3 aromatic heterocycles. The zero-order chi connectivity index (χ0) is 21.2. The van der Waals surface area contributed by atoms with Gasteiger partial charge in [0.25, 0.3) is 6.01 Å². The van der Waals surface area contributed by atoms with Crippen LogP contribution in [0.4, 0.5) is 6.01 Å². The number of aromatic nitrogens is 3. The minimum atomic E-state index is -0.740. The first kappa shape index (κ1) is 19.0. The molecule has 0 spiro atoms. The van der Waals surface area contributed by atoms with Gasteiger partial charge in [0, 0.05) is 42.2 Å². The van der Waals surface area contributed by atoms with E-state index in [4.69, 9.17) is 13.8 Å². The minimum absolute atomic E-state index is 0.313. The van der Waals surface area contributed by atoms with E-state index in [1.807, 2.05) is 41.3 Å². The van der Waals surface area contributed by atoms with Crippen molar-refractivity contribution in [2.24, 2.45) is 5.92 Å². The molecule has 4 aromatic rings. The summed E-state index contributed by atoms with van der Waals surface area (Å²) in [5.41, 5.74) is 3.37. The molecule has 1 aliphatic rings. The second-order valence-electron chi connectivity index (χ2n) is 7.46. The summed E-state index contributed by atoms with van der Waals surface area (Å²) in [5, 5.41) is 9.26. The van der Waals surface area contributed by atoms with Gasteiger partial charge in [-0.3, -0.25) is 9.78 Å². The predicted molar refractivity (Wildman–Crippen MR) is 113 cm³/mol. The summed E-state index contributed by atoms with van der Waals surface area (Å²) in [6.07, 6.45) is 7.67. The number of aliphatic carboxylic acids is 1. The molecular formula is C23H20N4O4. The van der Waals surface area contributed by atoms with Crippen molar-refractivity contribution >= 4 is 12.0 Å². The van der Waals surface area contributed by atoms with Gasteiger partial charge in [0.05, 0.1) is 12.1 Å². The van der Waals surface area contributed by atoms with E-state index in [2.05, 4.69) is 9.97 Å². The lowest BCUT2D eigenvalue weighted by Gasteiger charge is -2.28. The van der Waals surface area contributed by atoms with Gasteiger partial charge in [-0.15, -0.1) is 0 Å². The van der Waals surface area contributed by atoms with Crippen LogP contribution in [0.25, 0.3) is 33.9 Å². The highest BCUT2D eigenvalue weighted by Crippen LogP contribution is 2.37. The molecule has 31 heavy (non-hydrogen) atoms. The summed E-state index contributed by atoms with van der Waals surface area (Å²) in [4.78, 5) is 26.2.